The molecule has 21 heavy (non-hydrogen) atoms. The second kappa shape index (κ2) is 8.22. The number of carbonyl (C=O) groups excluding carboxylic acids is 1. The highest BCUT2D eigenvalue weighted by atomic mass is 16.6. The third-order valence-electron chi connectivity index (χ3n) is 3.44. The van der Waals surface area contributed by atoms with Crippen LogP contribution in [0.25, 0.3) is 0 Å². The van der Waals surface area contributed by atoms with Gasteiger partial charge in [-0.1, -0.05) is 0 Å². The third kappa shape index (κ3) is 7.90. The van der Waals surface area contributed by atoms with Gasteiger partial charge in [-0.05, 0) is 59.0 Å². The molecule has 0 aromatic heterocycles. The Kier molecular flexibility index (Phi) is 6.95. The van der Waals surface area contributed by atoms with E-state index in [9.17, 15) is 9.59 Å². The van der Waals surface area contributed by atoms with Gasteiger partial charge in [0.05, 0.1) is 0 Å². The van der Waals surface area contributed by atoms with Crippen molar-refractivity contribution in [3.63, 3.8) is 0 Å². The lowest BCUT2D eigenvalue weighted by atomic mass is 9.97. The Hall–Kier alpha value is -1.30. The van der Waals surface area contributed by atoms with Gasteiger partial charge in [0, 0.05) is 19.5 Å². The summed E-state index contributed by atoms with van der Waals surface area (Å²) in [7, 11) is 0. The lowest BCUT2D eigenvalue weighted by Crippen LogP contribution is -2.43. The molecule has 0 bridgehead atoms. The highest BCUT2D eigenvalue weighted by Crippen LogP contribution is 2.19. The largest absolute Gasteiger partial charge is 0.481 e. The molecule has 2 N–H and O–H groups in total. The maximum atomic E-state index is 11.9. The Balaban J connectivity index is 2.14. The molecule has 0 aliphatic carbocycles. The first-order chi connectivity index (χ1) is 9.78. The van der Waals surface area contributed by atoms with E-state index in [2.05, 4.69) is 5.32 Å². The Morgan fingerprint density at radius 2 is 1.90 bits per heavy atom. The van der Waals surface area contributed by atoms with Gasteiger partial charge in [0.25, 0.3) is 0 Å². The van der Waals surface area contributed by atoms with E-state index in [1.807, 2.05) is 20.8 Å². The summed E-state index contributed by atoms with van der Waals surface area (Å²) in [5.41, 5.74) is -0.445. The Morgan fingerprint density at radius 1 is 1.29 bits per heavy atom. The van der Waals surface area contributed by atoms with Crippen molar-refractivity contribution in [2.45, 2.75) is 52.1 Å². The summed E-state index contributed by atoms with van der Waals surface area (Å²) in [5, 5.41) is 11.8. The lowest BCUT2D eigenvalue weighted by Gasteiger charge is -2.33. The minimum Gasteiger partial charge on any atom is -0.481 e. The van der Waals surface area contributed by atoms with Crippen LogP contribution in [0.1, 0.15) is 46.5 Å². The monoisotopic (exact) mass is 300 g/mol. The van der Waals surface area contributed by atoms with Gasteiger partial charge < -0.3 is 20.1 Å². The van der Waals surface area contributed by atoms with Gasteiger partial charge in [-0.15, -0.1) is 0 Å². The fourth-order valence-corrected chi connectivity index (χ4v) is 2.32. The number of rotatable bonds is 6. The van der Waals surface area contributed by atoms with Crippen molar-refractivity contribution in [2.24, 2.45) is 5.92 Å². The number of likely N-dealkylation sites (tertiary alicyclic amines) is 1. The van der Waals surface area contributed by atoms with Crippen LogP contribution in [0.5, 0.6) is 0 Å². The summed E-state index contributed by atoms with van der Waals surface area (Å²) >= 11 is 0. The molecule has 1 aliphatic heterocycles. The second-order valence-corrected chi connectivity index (χ2v) is 6.61. The first kappa shape index (κ1) is 17.8. The van der Waals surface area contributed by atoms with E-state index in [-0.39, 0.29) is 12.5 Å². The summed E-state index contributed by atoms with van der Waals surface area (Å²) in [4.78, 5) is 24.1. The zero-order chi connectivity index (χ0) is 15.9. The van der Waals surface area contributed by atoms with Crippen LogP contribution >= 0.6 is 0 Å². The van der Waals surface area contributed by atoms with E-state index in [4.69, 9.17) is 9.84 Å². The van der Waals surface area contributed by atoms with Crippen molar-refractivity contribution >= 4 is 12.1 Å². The topological polar surface area (TPSA) is 78.9 Å². The highest BCUT2D eigenvalue weighted by Gasteiger charge is 2.26. The number of hydrogen-bond acceptors (Lipinski definition) is 4. The van der Waals surface area contributed by atoms with Crippen molar-refractivity contribution in [2.75, 3.05) is 26.2 Å². The zero-order valence-electron chi connectivity index (χ0n) is 13.4. The summed E-state index contributed by atoms with van der Waals surface area (Å²) in [6.07, 6.45) is 2.57. The van der Waals surface area contributed by atoms with Crippen molar-refractivity contribution in [3.8, 4) is 0 Å². The molecule has 0 spiro atoms. The number of ether oxygens (including phenoxy) is 1. The fourth-order valence-electron chi connectivity index (χ4n) is 2.32. The molecule has 1 rings (SSSR count). The van der Waals surface area contributed by atoms with E-state index < -0.39 is 11.6 Å². The summed E-state index contributed by atoms with van der Waals surface area (Å²) in [5.74, 6) is -0.198. The molecule has 1 amide bonds. The van der Waals surface area contributed by atoms with Crippen molar-refractivity contribution in [1.82, 2.24) is 10.2 Å². The first-order valence-electron chi connectivity index (χ1n) is 7.68. The number of carboxylic acids is 1. The van der Waals surface area contributed by atoms with Gasteiger partial charge in [0.15, 0.2) is 0 Å². The Labute approximate surface area is 126 Å². The highest BCUT2D eigenvalue weighted by molar-refractivity contribution is 5.68. The summed E-state index contributed by atoms with van der Waals surface area (Å²) in [6.45, 7) is 8.71. The smallest absolute Gasteiger partial charge is 0.410 e. The molecule has 122 valence electrons. The molecule has 0 unspecified atom stereocenters. The Bertz CT molecular complexity index is 344. The first-order valence-corrected chi connectivity index (χ1v) is 7.68. The van der Waals surface area contributed by atoms with Crippen LogP contribution in [-0.2, 0) is 9.53 Å². The van der Waals surface area contributed by atoms with Crippen LogP contribution in [0.2, 0.25) is 0 Å². The molecule has 0 atom stereocenters. The SMILES string of the molecule is CC(C)(C)OC(=O)N1CCC(CNCCCC(=O)O)CC1. The van der Waals surface area contributed by atoms with E-state index in [0.29, 0.717) is 12.3 Å². The number of carboxylic acid groups (broad SMARTS) is 1. The molecular formula is C15H28N2O4. The molecule has 1 fully saturated rings. The van der Waals surface area contributed by atoms with Gasteiger partial charge in [0.1, 0.15) is 5.60 Å². The molecular weight excluding hydrogens is 272 g/mol. The van der Waals surface area contributed by atoms with Crippen LogP contribution in [0.3, 0.4) is 0 Å². The van der Waals surface area contributed by atoms with Crippen LogP contribution in [-0.4, -0.2) is 53.8 Å². The zero-order valence-corrected chi connectivity index (χ0v) is 13.4. The maximum absolute atomic E-state index is 11.9. The average molecular weight is 300 g/mol. The summed E-state index contributed by atoms with van der Waals surface area (Å²) in [6, 6.07) is 0. The number of nitrogens with zero attached hydrogens (tertiary/aromatic N) is 1. The number of aliphatic carboxylic acids is 1. The second-order valence-electron chi connectivity index (χ2n) is 6.61. The lowest BCUT2D eigenvalue weighted by molar-refractivity contribution is -0.137. The molecule has 6 heteroatoms. The third-order valence-corrected chi connectivity index (χ3v) is 3.44. The van der Waals surface area contributed by atoms with Crippen molar-refractivity contribution < 1.29 is 19.4 Å². The number of nitrogens with one attached hydrogen (secondary N) is 1. The number of carbonyl (C=O) groups is 2. The van der Waals surface area contributed by atoms with Gasteiger partial charge in [-0.2, -0.15) is 0 Å². The molecule has 1 heterocycles. The molecule has 0 radical (unpaired) electrons. The molecule has 0 aromatic rings. The molecule has 1 saturated heterocycles. The fraction of sp³-hybridized carbons (Fsp3) is 0.867. The van der Waals surface area contributed by atoms with Crippen LogP contribution in [0, 0.1) is 5.92 Å². The number of hydrogen-bond donors (Lipinski definition) is 2. The standard InChI is InChI=1S/C15H28N2O4/c1-15(2,3)21-14(20)17-9-6-12(7-10-17)11-16-8-4-5-13(18)19/h12,16H,4-11H2,1-3H3,(H,18,19). The quantitative estimate of drug-likeness (QED) is 0.734. The van der Waals surface area contributed by atoms with Gasteiger partial charge in [0.2, 0.25) is 0 Å². The molecule has 6 nitrogen and oxygen atoms in total. The normalized spacial score (nSPS) is 16.8. The number of amides is 1. The molecule has 0 saturated carbocycles. The van der Waals surface area contributed by atoms with E-state index in [0.717, 1.165) is 39.0 Å². The van der Waals surface area contributed by atoms with Gasteiger partial charge in [-0.25, -0.2) is 4.79 Å². The van der Waals surface area contributed by atoms with E-state index >= 15 is 0 Å². The average Bonchev–Trinajstić information content (AvgIpc) is 2.36. The minimum absolute atomic E-state index is 0.212. The molecule has 1 aliphatic rings. The van der Waals surface area contributed by atoms with E-state index in [1.54, 1.807) is 4.90 Å². The van der Waals surface area contributed by atoms with Crippen LogP contribution in [0.15, 0.2) is 0 Å². The van der Waals surface area contributed by atoms with Crippen molar-refractivity contribution in [1.29, 1.82) is 0 Å². The van der Waals surface area contributed by atoms with Crippen molar-refractivity contribution in [3.05, 3.63) is 0 Å². The van der Waals surface area contributed by atoms with Crippen LogP contribution in [0.4, 0.5) is 4.79 Å². The minimum atomic E-state index is -0.748. The predicted molar refractivity (Wildman–Crippen MR) is 80.3 cm³/mol. The summed E-state index contributed by atoms with van der Waals surface area (Å²) < 4.78 is 5.36. The van der Waals surface area contributed by atoms with Gasteiger partial charge in [-0.3, -0.25) is 4.79 Å². The Morgan fingerprint density at radius 3 is 2.43 bits per heavy atom. The molecule has 0 aromatic carbocycles. The number of piperidine rings is 1. The predicted octanol–water partition coefficient (Wildman–Crippen LogP) is 2.09. The van der Waals surface area contributed by atoms with Gasteiger partial charge >= 0.3 is 12.1 Å². The van der Waals surface area contributed by atoms with E-state index in [1.165, 1.54) is 0 Å². The maximum Gasteiger partial charge on any atom is 0.410 e. The van der Waals surface area contributed by atoms with Crippen LogP contribution < -0.4 is 5.32 Å².